The van der Waals surface area contributed by atoms with Gasteiger partial charge in [0, 0.05) is 18.6 Å². The molecule has 1 atom stereocenters. The number of rotatable bonds is 3. The molecular weight excluding hydrogens is 214 g/mol. The summed E-state index contributed by atoms with van der Waals surface area (Å²) in [6.45, 7) is 0.621. The largest absolute Gasteiger partial charge is 0.435 e. The fraction of sp³-hybridized carbons (Fsp3) is 0.556. The summed E-state index contributed by atoms with van der Waals surface area (Å²) in [6, 6.07) is 0. The summed E-state index contributed by atoms with van der Waals surface area (Å²) in [5, 5.41) is 0. The van der Waals surface area contributed by atoms with Crippen molar-refractivity contribution in [3.05, 3.63) is 12.2 Å². The molecule has 0 radical (unpaired) electrons. The zero-order valence-corrected chi connectivity index (χ0v) is 10.7. The van der Waals surface area contributed by atoms with E-state index in [1.807, 2.05) is 0 Å². The Bertz CT molecular complexity index is 284. The Balaban J connectivity index is 2.45. The Kier molecular flexibility index (Phi) is 4.04. The molecule has 15 heavy (non-hydrogen) atoms. The minimum Gasteiger partial charge on any atom is -0.435 e. The van der Waals surface area contributed by atoms with Crippen molar-refractivity contribution >= 4 is 22.1 Å². The number of carbonyl (C=O) groups is 2. The minimum absolute atomic E-state index is 0.578. The number of ether oxygens (including phenoxy) is 2. The summed E-state index contributed by atoms with van der Waals surface area (Å²) in [5.74, 6) is -1.25. The number of primary amides is 1. The third-order valence-corrected chi connectivity index (χ3v) is 3.13. The third-order valence-electron chi connectivity index (χ3n) is 2.13. The van der Waals surface area contributed by atoms with Gasteiger partial charge in [-0.15, -0.1) is 0 Å². The minimum atomic E-state index is -0.725. The number of hydrogen-bond acceptors (Lipinski definition) is 4. The van der Waals surface area contributed by atoms with Crippen LogP contribution in [-0.4, -0.2) is 34.1 Å². The van der Waals surface area contributed by atoms with Gasteiger partial charge in [-0.2, -0.15) is 0 Å². The molecule has 1 amide bonds. The number of nitrogens with two attached hydrogens (primary N) is 1. The molecule has 1 unspecified atom stereocenters. The molecule has 0 aromatic carbocycles. The van der Waals surface area contributed by atoms with Gasteiger partial charge in [0.05, 0.1) is 16.8 Å². The fourth-order valence-corrected chi connectivity index (χ4v) is 2.14. The Morgan fingerprint density at radius 1 is 1.40 bits per heavy atom. The van der Waals surface area contributed by atoms with Gasteiger partial charge in [-0.25, -0.2) is 4.79 Å². The Hall–Kier alpha value is -1.14. The van der Waals surface area contributed by atoms with Gasteiger partial charge in [0.25, 0.3) is 0 Å². The van der Waals surface area contributed by atoms with Crippen molar-refractivity contribution in [2.45, 2.75) is 24.7 Å². The second-order valence-electron chi connectivity index (χ2n) is 3.60. The van der Waals surface area contributed by atoms with E-state index in [9.17, 15) is 9.59 Å². The van der Waals surface area contributed by atoms with E-state index in [0.29, 0.717) is 16.8 Å². The monoisotopic (exact) mass is 229 g/mol. The van der Waals surface area contributed by atoms with Gasteiger partial charge in [0.15, 0.2) is 5.41 Å². The van der Waals surface area contributed by atoms with Crippen molar-refractivity contribution in [2.75, 3.05) is 6.61 Å². The molecule has 1 fully saturated rings. The molecule has 0 bridgehead atoms. The van der Waals surface area contributed by atoms with E-state index in [1.165, 1.54) is 0 Å². The maximum Gasteiger partial charge on any atom is 0.333 e. The van der Waals surface area contributed by atoms with Gasteiger partial charge in [0.1, 0.15) is 0 Å². The molecular formula is C9H15NO4Si. The van der Waals surface area contributed by atoms with Crippen molar-refractivity contribution in [3.8, 4) is 0 Å². The SMILES string of the molecule is NC(=O)/C=C\C(=O)OC1([SiH3])CCCCO1. The van der Waals surface area contributed by atoms with Gasteiger partial charge in [-0.1, -0.05) is 0 Å². The van der Waals surface area contributed by atoms with Crippen LogP contribution in [-0.2, 0) is 19.1 Å². The first-order valence-corrected chi connectivity index (χ1v) is 5.86. The van der Waals surface area contributed by atoms with Crippen molar-refractivity contribution < 1.29 is 19.1 Å². The van der Waals surface area contributed by atoms with E-state index >= 15 is 0 Å². The third kappa shape index (κ3) is 4.26. The maximum absolute atomic E-state index is 11.2. The zero-order chi connectivity index (χ0) is 11.3. The molecule has 2 N–H and O–H groups in total. The lowest BCUT2D eigenvalue weighted by Gasteiger charge is -2.33. The molecule has 1 aliphatic rings. The van der Waals surface area contributed by atoms with Crippen molar-refractivity contribution in [2.24, 2.45) is 5.73 Å². The molecule has 0 aliphatic carbocycles. The zero-order valence-electron chi connectivity index (χ0n) is 8.69. The van der Waals surface area contributed by atoms with Crippen LogP contribution in [0.5, 0.6) is 0 Å². The second kappa shape index (κ2) is 5.08. The van der Waals surface area contributed by atoms with Crippen LogP contribution in [0.25, 0.3) is 0 Å². The van der Waals surface area contributed by atoms with E-state index in [-0.39, 0.29) is 0 Å². The van der Waals surface area contributed by atoms with Gasteiger partial charge >= 0.3 is 5.97 Å². The van der Waals surface area contributed by atoms with E-state index in [0.717, 1.165) is 31.4 Å². The first-order valence-electron chi connectivity index (χ1n) is 4.86. The number of carbonyl (C=O) groups excluding carboxylic acids is 2. The van der Waals surface area contributed by atoms with Crippen LogP contribution in [0, 0.1) is 0 Å². The van der Waals surface area contributed by atoms with Gasteiger partial charge in [0.2, 0.25) is 5.91 Å². The summed E-state index contributed by atoms with van der Waals surface area (Å²) < 4.78 is 10.5. The molecule has 0 aromatic heterocycles. The smallest absolute Gasteiger partial charge is 0.333 e. The van der Waals surface area contributed by atoms with Gasteiger partial charge in [-0.05, 0) is 12.8 Å². The van der Waals surface area contributed by atoms with Crippen LogP contribution in [0.15, 0.2) is 12.2 Å². The van der Waals surface area contributed by atoms with E-state index in [2.05, 4.69) is 0 Å². The molecule has 6 heteroatoms. The van der Waals surface area contributed by atoms with E-state index in [4.69, 9.17) is 15.2 Å². The summed E-state index contributed by atoms with van der Waals surface area (Å²) in [4.78, 5) is 21.6. The highest BCUT2D eigenvalue weighted by Crippen LogP contribution is 2.22. The lowest BCUT2D eigenvalue weighted by molar-refractivity contribution is -0.201. The average Bonchev–Trinajstić information content (AvgIpc) is 2.15. The first kappa shape index (κ1) is 11.9. The fourth-order valence-electron chi connectivity index (χ4n) is 1.39. The van der Waals surface area contributed by atoms with Crippen LogP contribution < -0.4 is 5.73 Å². The highest BCUT2D eigenvalue weighted by atomic mass is 28.1. The lowest BCUT2D eigenvalue weighted by Crippen LogP contribution is -2.41. The molecule has 1 saturated heterocycles. The van der Waals surface area contributed by atoms with Gasteiger partial charge < -0.3 is 15.2 Å². The van der Waals surface area contributed by atoms with E-state index in [1.54, 1.807) is 0 Å². The Labute approximate surface area is 91.0 Å². The van der Waals surface area contributed by atoms with Crippen LogP contribution >= 0.6 is 0 Å². The van der Waals surface area contributed by atoms with Crippen molar-refractivity contribution in [1.29, 1.82) is 0 Å². The standard InChI is InChI=1S/C9H15NO4Si/c10-7(11)3-4-8(12)14-9(15)5-1-2-6-13-9/h3-4H,1-2,5-6H2,15H3,(H2,10,11)/b4-3-. The second-order valence-corrected chi connectivity index (χ2v) is 5.12. The molecule has 1 rings (SSSR count). The van der Waals surface area contributed by atoms with Crippen LogP contribution in [0.4, 0.5) is 0 Å². The van der Waals surface area contributed by atoms with Crippen molar-refractivity contribution in [3.63, 3.8) is 0 Å². The average molecular weight is 229 g/mol. The lowest BCUT2D eigenvalue weighted by atomic mass is 10.2. The molecule has 84 valence electrons. The Morgan fingerprint density at radius 2 is 2.13 bits per heavy atom. The predicted molar refractivity (Wildman–Crippen MR) is 56.9 cm³/mol. The van der Waals surface area contributed by atoms with Crippen LogP contribution in [0.1, 0.15) is 19.3 Å². The predicted octanol–water partition coefficient (Wildman–Crippen LogP) is -1.21. The Morgan fingerprint density at radius 3 is 2.67 bits per heavy atom. The summed E-state index contributed by atoms with van der Waals surface area (Å²) in [7, 11) is 0.616. The maximum atomic E-state index is 11.2. The number of amides is 1. The van der Waals surface area contributed by atoms with Crippen LogP contribution in [0.3, 0.4) is 0 Å². The molecule has 0 aromatic rings. The molecule has 1 heterocycles. The molecule has 0 saturated carbocycles. The van der Waals surface area contributed by atoms with Gasteiger partial charge in [-0.3, -0.25) is 4.79 Å². The van der Waals surface area contributed by atoms with Crippen molar-refractivity contribution in [1.82, 2.24) is 0 Å². The molecule has 0 spiro atoms. The summed E-state index contributed by atoms with van der Waals surface area (Å²) in [6.07, 6.45) is 4.74. The summed E-state index contributed by atoms with van der Waals surface area (Å²) in [5.41, 5.74) is 4.13. The first-order chi connectivity index (χ1) is 7.02. The molecule has 5 nitrogen and oxygen atoms in total. The highest BCUT2D eigenvalue weighted by molar-refractivity contribution is 6.14. The molecule has 1 aliphatic heterocycles. The quantitative estimate of drug-likeness (QED) is 0.374. The number of hydrogen-bond donors (Lipinski definition) is 1. The topological polar surface area (TPSA) is 78.6 Å². The normalized spacial score (nSPS) is 26.7. The van der Waals surface area contributed by atoms with Crippen LogP contribution in [0.2, 0.25) is 0 Å². The summed E-state index contributed by atoms with van der Waals surface area (Å²) >= 11 is 0. The van der Waals surface area contributed by atoms with E-state index < -0.39 is 17.3 Å². The number of esters is 1. The highest BCUT2D eigenvalue weighted by Gasteiger charge is 2.30.